The molecule has 1 unspecified atom stereocenters. The number of hydrogen-bond acceptors (Lipinski definition) is 4. The molecule has 0 bridgehead atoms. The molecule has 1 aromatic heterocycles. The molecule has 8 heteroatoms. The van der Waals surface area contributed by atoms with Crippen molar-refractivity contribution in [1.82, 2.24) is 4.98 Å². The fourth-order valence-corrected chi connectivity index (χ4v) is 1.71. The van der Waals surface area contributed by atoms with Crippen LogP contribution in [-0.2, 0) is 11.4 Å². The Morgan fingerprint density at radius 2 is 1.95 bits per heavy atom. The fraction of sp³-hybridized carbons (Fsp3) is 0.538. The third-order valence-electron chi connectivity index (χ3n) is 2.21. The predicted octanol–water partition coefficient (Wildman–Crippen LogP) is 3.21. The third-order valence-corrected chi connectivity index (χ3v) is 3.56. The van der Waals surface area contributed by atoms with Crippen LogP contribution in [0.4, 0.5) is 13.2 Å². The molecule has 1 rings (SSSR count). The lowest BCUT2D eigenvalue weighted by Gasteiger charge is -2.17. The molecule has 0 aromatic carbocycles. The Labute approximate surface area is 124 Å². The molecule has 0 aliphatic heterocycles. The van der Waals surface area contributed by atoms with Gasteiger partial charge in [0.05, 0.1) is 0 Å². The molecule has 0 aliphatic rings. The number of halogens is 3. The van der Waals surface area contributed by atoms with Crippen molar-refractivity contribution >= 4 is 17.6 Å². The Morgan fingerprint density at radius 3 is 2.48 bits per heavy atom. The van der Waals surface area contributed by atoms with Crippen molar-refractivity contribution in [3.63, 3.8) is 0 Å². The summed E-state index contributed by atoms with van der Waals surface area (Å²) in [5.41, 5.74) is 0.717. The SMILES string of the molecule is Cc1ccc(OCC(F)(F)F)c(/C=N/[S+]([O-])C(C)(C)C)n1. The van der Waals surface area contributed by atoms with Crippen LogP contribution in [0.3, 0.4) is 0 Å². The standard InChI is InChI=1S/C13H17F3N2O2S/c1-9-5-6-11(20-8-13(14,15)16)10(18-9)7-17-21(19)12(2,3)4/h5-7H,8H2,1-4H3/b17-7+. The number of aromatic nitrogens is 1. The highest BCUT2D eigenvalue weighted by molar-refractivity contribution is 7.91. The number of nitrogens with zero attached hydrogens (tertiary/aromatic N) is 2. The first-order valence-electron chi connectivity index (χ1n) is 6.12. The lowest BCUT2D eigenvalue weighted by molar-refractivity contribution is -0.153. The minimum absolute atomic E-state index is 0.0485. The van der Waals surface area contributed by atoms with E-state index in [2.05, 4.69) is 9.38 Å². The van der Waals surface area contributed by atoms with E-state index in [4.69, 9.17) is 4.74 Å². The second-order valence-electron chi connectivity index (χ2n) is 5.34. The van der Waals surface area contributed by atoms with Crippen LogP contribution in [0.25, 0.3) is 0 Å². The average molecular weight is 322 g/mol. The monoisotopic (exact) mass is 322 g/mol. The van der Waals surface area contributed by atoms with Gasteiger partial charge in [-0.25, -0.2) is 4.98 Å². The van der Waals surface area contributed by atoms with Gasteiger partial charge in [0.1, 0.15) is 33.8 Å². The number of pyridine rings is 1. The van der Waals surface area contributed by atoms with Gasteiger partial charge in [0.15, 0.2) is 6.61 Å². The van der Waals surface area contributed by atoms with Gasteiger partial charge in [0.25, 0.3) is 0 Å². The zero-order valence-corrected chi connectivity index (χ0v) is 13.0. The molecule has 0 amide bonds. The summed E-state index contributed by atoms with van der Waals surface area (Å²) in [4.78, 5) is 4.05. The maximum absolute atomic E-state index is 12.2. The summed E-state index contributed by atoms with van der Waals surface area (Å²) < 4.78 is 56.4. The van der Waals surface area contributed by atoms with Crippen molar-refractivity contribution in [1.29, 1.82) is 0 Å². The molecule has 118 valence electrons. The van der Waals surface area contributed by atoms with Gasteiger partial charge in [0.2, 0.25) is 0 Å². The van der Waals surface area contributed by atoms with Crippen molar-refractivity contribution in [2.24, 2.45) is 4.40 Å². The van der Waals surface area contributed by atoms with Crippen LogP contribution >= 0.6 is 0 Å². The van der Waals surface area contributed by atoms with E-state index >= 15 is 0 Å². The first kappa shape index (κ1) is 17.8. The lowest BCUT2D eigenvalue weighted by Crippen LogP contribution is -2.26. The molecule has 0 N–H and O–H groups in total. The van der Waals surface area contributed by atoms with Crippen molar-refractivity contribution < 1.29 is 22.5 Å². The predicted molar refractivity (Wildman–Crippen MR) is 76.0 cm³/mol. The van der Waals surface area contributed by atoms with E-state index in [9.17, 15) is 17.7 Å². The summed E-state index contributed by atoms with van der Waals surface area (Å²) in [7, 11) is 0. The largest absolute Gasteiger partial charge is 0.591 e. The molecule has 0 spiro atoms. The highest BCUT2D eigenvalue weighted by Crippen LogP contribution is 2.22. The van der Waals surface area contributed by atoms with E-state index in [1.165, 1.54) is 18.3 Å². The van der Waals surface area contributed by atoms with Gasteiger partial charge in [-0.15, -0.1) is 0 Å². The van der Waals surface area contributed by atoms with Crippen molar-refractivity contribution in [2.75, 3.05) is 6.61 Å². The minimum atomic E-state index is -4.44. The van der Waals surface area contributed by atoms with Crippen LogP contribution in [0.1, 0.15) is 32.2 Å². The normalized spacial score (nSPS) is 14.5. The van der Waals surface area contributed by atoms with Gasteiger partial charge in [-0.3, -0.25) is 0 Å². The Kier molecular flexibility index (Phi) is 5.63. The van der Waals surface area contributed by atoms with Gasteiger partial charge in [-0.1, -0.05) is 4.40 Å². The van der Waals surface area contributed by atoms with E-state index in [0.29, 0.717) is 5.69 Å². The maximum Gasteiger partial charge on any atom is 0.422 e. The number of aryl methyl sites for hydroxylation is 1. The second-order valence-corrected chi connectivity index (χ2v) is 7.27. The summed E-state index contributed by atoms with van der Waals surface area (Å²) in [6.07, 6.45) is -3.26. The van der Waals surface area contributed by atoms with E-state index in [1.54, 1.807) is 27.7 Å². The molecule has 1 aromatic rings. The zero-order chi connectivity index (χ0) is 16.3. The molecule has 0 saturated heterocycles. The van der Waals surface area contributed by atoms with Crippen molar-refractivity contribution in [3.05, 3.63) is 23.5 Å². The van der Waals surface area contributed by atoms with Crippen LogP contribution in [-0.4, -0.2) is 33.3 Å². The molecule has 1 atom stereocenters. The van der Waals surface area contributed by atoms with E-state index < -0.39 is 28.9 Å². The number of rotatable bonds is 4. The minimum Gasteiger partial charge on any atom is -0.591 e. The molecule has 0 aliphatic carbocycles. The smallest absolute Gasteiger partial charge is 0.422 e. The first-order valence-corrected chi connectivity index (χ1v) is 7.23. The van der Waals surface area contributed by atoms with Crippen LogP contribution in [0.2, 0.25) is 0 Å². The zero-order valence-electron chi connectivity index (χ0n) is 12.2. The van der Waals surface area contributed by atoms with Gasteiger partial charge >= 0.3 is 6.18 Å². The number of hydrogen-bond donors (Lipinski definition) is 0. The van der Waals surface area contributed by atoms with Crippen LogP contribution in [0.15, 0.2) is 16.5 Å². The van der Waals surface area contributed by atoms with Gasteiger partial charge in [-0.2, -0.15) is 13.2 Å². The Balaban J connectivity index is 2.95. The highest BCUT2D eigenvalue weighted by Gasteiger charge is 2.29. The fourth-order valence-electron chi connectivity index (χ4n) is 1.19. The molecule has 0 fully saturated rings. The molecule has 0 saturated carbocycles. The van der Waals surface area contributed by atoms with Gasteiger partial charge < -0.3 is 9.29 Å². The molecule has 21 heavy (non-hydrogen) atoms. The first-order chi connectivity index (χ1) is 9.49. The van der Waals surface area contributed by atoms with E-state index in [0.717, 1.165) is 0 Å². The van der Waals surface area contributed by atoms with Gasteiger partial charge in [0, 0.05) is 5.69 Å². The van der Waals surface area contributed by atoms with Crippen LogP contribution in [0, 0.1) is 6.92 Å². The van der Waals surface area contributed by atoms with E-state index in [-0.39, 0.29) is 11.4 Å². The summed E-state index contributed by atoms with van der Waals surface area (Å²) in [5, 5.41) is 0. The quantitative estimate of drug-likeness (QED) is 0.632. The van der Waals surface area contributed by atoms with E-state index in [1.807, 2.05) is 0 Å². The summed E-state index contributed by atoms with van der Waals surface area (Å²) in [6, 6.07) is 2.92. The molecule has 1 heterocycles. The summed E-state index contributed by atoms with van der Waals surface area (Å²) in [5.74, 6) is -0.0485. The third kappa shape index (κ3) is 6.34. The van der Waals surface area contributed by atoms with Crippen molar-refractivity contribution in [3.8, 4) is 5.75 Å². The lowest BCUT2D eigenvalue weighted by atomic mass is 10.3. The Hall–Kier alpha value is -1.28. The van der Waals surface area contributed by atoms with Gasteiger partial charge in [-0.05, 0) is 39.8 Å². The average Bonchev–Trinajstić information content (AvgIpc) is 2.32. The topological polar surface area (TPSA) is 57.5 Å². The second kappa shape index (κ2) is 6.65. The van der Waals surface area contributed by atoms with Crippen LogP contribution in [0.5, 0.6) is 5.75 Å². The van der Waals surface area contributed by atoms with Crippen LogP contribution < -0.4 is 4.74 Å². The Morgan fingerprint density at radius 1 is 1.33 bits per heavy atom. The van der Waals surface area contributed by atoms with Crippen molar-refractivity contribution in [2.45, 2.75) is 38.6 Å². The molecular formula is C13H17F3N2O2S. The molecule has 0 radical (unpaired) electrons. The summed E-state index contributed by atoms with van der Waals surface area (Å²) >= 11 is -1.52. The highest BCUT2D eigenvalue weighted by atomic mass is 32.2. The maximum atomic E-state index is 12.2. The molecule has 4 nitrogen and oxygen atoms in total. The number of alkyl halides is 3. The number of ether oxygens (including phenoxy) is 1. The Bertz CT molecular complexity index is 513. The molecular weight excluding hydrogens is 305 g/mol. The summed E-state index contributed by atoms with van der Waals surface area (Å²) in [6.45, 7) is 5.49.